The number of Topliss-reactive ketones (excluding diaryl/α,β-unsaturated/α-hetero) is 1. The highest BCUT2D eigenvalue weighted by Crippen LogP contribution is 2.42. The highest BCUT2D eigenvalue weighted by molar-refractivity contribution is 6.05. The molecule has 1 saturated heterocycles. The number of carbonyl (C=O) groups is 1. The lowest BCUT2D eigenvalue weighted by Gasteiger charge is -2.39. The number of phenolic OH excluding ortho intramolecular Hbond substituents is 2. The molecule has 6 N–H and O–H groups in total. The van der Waals surface area contributed by atoms with Crippen LogP contribution in [0.5, 0.6) is 23.0 Å². The van der Waals surface area contributed by atoms with Crippen LogP contribution >= 0.6 is 0 Å². The van der Waals surface area contributed by atoms with Gasteiger partial charge in [0.25, 0.3) is 0 Å². The summed E-state index contributed by atoms with van der Waals surface area (Å²) in [5, 5.41) is 60.0. The van der Waals surface area contributed by atoms with Gasteiger partial charge in [-0.3, -0.25) is 4.79 Å². The molecule has 2 aromatic rings. The van der Waals surface area contributed by atoms with Gasteiger partial charge in [-0.25, -0.2) is 0 Å². The number of fused-ring (bicyclic) bond motifs is 1. The van der Waals surface area contributed by atoms with Crippen molar-refractivity contribution in [2.24, 2.45) is 0 Å². The van der Waals surface area contributed by atoms with E-state index in [1.165, 1.54) is 37.3 Å². The van der Waals surface area contributed by atoms with E-state index in [9.17, 15) is 35.4 Å². The van der Waals surface area contributed by atoms with E-state index in [0.29, 0.717) is 5.56 Å². The summed E-state index contributed by atoms with van der Waals surface area (Å²) < 4.78 is 16.7. The van der Waals surface area contributed by atoms with Crippen LogP contribution in [0.1, 0.15) is 28.9 Å². The van der Waals surface area contributed by atoms with Crippen LogP contribution in [-0.2, 0) is 4.74 Å². The minimum Gasteiger partial charge on any atom is -0.508 e. The number of hydrogen-bond acceptors (Lipinski definition) is 10. The molecule has 10 heteroatoms. The number of aromatic hydroxyl groups is 2. The fourth-order valence-electron chi connectivity index (χ4n) is 3.63. The number of aliphatic hydroxyl groups is 4. The Balaban J connectivity index is 1.63. The Morgan fingerprint density at radius 1 is 0.935 bits per heavy atom. The normalized spacial score (nSPS) is 32.8. The fourth-order valence-corrected chi connectivity index (χ4v) is 3.63. The molecule has 31 heavy (non-hydrogen) atoms. The van der Waals surface area contributed by atoms with Crippen LogP contribution < -0.4 is 9.47 Å². The van der Waals surface area contributed by atoms with E-state index in [0.717, 1.165) is 6.07 Å². The molecule has 2 heterocycles. The predicted octanol–water partition coefficient (Wildman–Crippen LogP) is -0.0186. The molecule has 2 aliphatic rings. The summed E-state index contributed by atoms with van der Waals surface area (Å²) in [6, 6.07) is 8.11. The second-order valence-corrected chi connectivity index (χ2v) is 7.55. The molecule has 7 atom stereocenters. The molecular formula is C21H22O10. The van der Waals surface area contributed by atoms with Crippen LogP contribution in [-0.4, -0.2) is 73.2 Å². The first-order valence-corrected chi connectivity index (χ1v) is 9.58. The molecule has 0 radical (unpaired) electrons. The van der Waals surface area contributed by atoms with Gasteiger partial charge in [-0.1, -0.05) is 12.1 Å². The summed E-state index contributed by atoms with van der Waals surface area (Å²) in [5.41, 5.74) is 0.191. The number of hydrogen-bond donors (Lipinski definition) is 6. The topological polar surface area (TPSA) is 166 Å². The Hall–Kier alpha value is -2.89. The van der Waals surface area contributed by atoms with Crippen LogP contribution in [0.15, 0.2) is 36.4 Å². The maximum absolute atomic E-state index is 12.7. The molecule has 0 spiro atoms. The van der Waals surface area contributed by atoms with Gasteiger partial charge in [0.1, 0.15) is 46.9 Å². The molecule has 4 rings (SSSR count). The van der Waals surface area contributed by atoms with E-state index in [1.807, 2.05) is 0 Å². The van der Waals surface area contributed by atoms with Crippen molar-refractivity contribution in [2.75, 3.05) is 0 Å². The monoisotopic (exact) mass is 434 g/mol. The number of aliphatic hydroxyl groups excluding tert-OH is 4. The van der Waals surface area contributed by atoms with Crippen LogP contribution in [0.4, 0.5) is 0 Å². The van der Waals surface area contributed by atoms with Crippen molar-refractivity contribution in [3.63, 3.8) is 0 Å². The van der Waals surface area contributed by atoms with Gasteiger partial charge in [0.15, 0.2) is 12.2 Å². The Morgan fingerprint density at radius 2 is 1.61 bits per heavy atom. The van der Waals surface area contributed by atoms with E-state index < -0.39 is 54.4 Å². The van der Waals surface area contributed by atoms with Gasteiger partial charge >= 0.3 is 0 Å². The van der Waals surface area contributed by atoms with Crippen molar-refractivity contribution in [2.45, 2.75) is 49.8 Å². The Morgan fingerprint density at radius 3 is 2.29 bits per heavy atom. The fraction of sp³-hybridized carbons (Fsp3) is 0.381. The van der Waals surface area contributed by atoms with Gasteiger partial charge in [0.05, 0.1) is 6.10 Å². The van der Waals surface area contributed by atoms with E-state index in [-0.39, 0.29) is 22.8 Å². The van der Waals surface area contributed by atoms with Gasteiger partial charge < -0.3 is 44.8 Å². The molecule has 0 saturated carbocycles. The lowest BCUT2D eigenvalue weighted by molar-refractivity contribution is -0.268. The van der Waals surface area contributed by atoms with Crippen LogP contribution in [0.2, 0.25) is 0 Å². The number of rotatable bonds is 3. The van der Waals surface area contributed by atoms with Crippen molar-refractivity contribution in [3.05, 3.63) is 47.5 Å². The molecular weight excluding hydrogens is 412 g/mol. The number of ketones is 1. The third-order valence-electron chi connectivity index (χ3n) is 5.39. The van der Waals surface area contributed by atoms with E-state index >= 15 is 0 Å². The molecule has 1 fully saturated rings. The summed E-state index contributed by atoms with van der Waals surface area (Å²) in [6.45, 7) is 1.49. The third-order valence-corrected chi connectivity index (χ3v) is 5.39. The highest BCUT2D eigenvalue weighted by atomic mass is 16.7. The molecule has 0 unspecified atom stereocenters. The molecule has 10 nitrogen and oxygen atoms in total. The Kier molecular flexibility index (Phi) is 5.50. The summed E-state index contributed by atoms with van der Waals surface area (Å²) in [5.74, 6) is -1.38. The lowest BCUT2D eigenvalue weighted by atomic mass is 9.93. The first-order chi connectivity index (χ1) is 14.7. The molecule has 2 aliphatic heterocycles. The third kappa shape index (κ3) is 3.80. The Bertz CT molecular complexity index is 975. The first-order valence-electron chi connectivity index (χ1n) is 9.58. The SMILES string of the molecule is C[C@@H]1O[C@@H](Oc2cc(O)c3c(c2)O[C@H](c2ccc(O)cc2)[C@H](O)C3=O)[C@@H](O)[C@H](O)[C@@H]1O. The molecule has 0 aliphatic carbocycles. The zero-order chi connectivity index (χ0) is 22.4. The van der Waals surface area contributed by atoms with Crippen molar-refractivity contribution < 1.29 is 49.6 Å². The summed E-state index contributed by atoms with van der Waals surface area (Å²) in [6.07, 6.45) is -9.25. The molecule has 0 bridgehead atoms. The van der Waals surface area contributed by atoms with Crippen LogP contribution in [0.3, 0.4) is 0 Å². The second-order valence-electron chi connectivity index (χ2n) is 7.55. The first kappa shape index (κ1) is 21.3. The summed E-state index contributed by atoms with van der Waals surface area (Å²) >= 11 is 0. The average Bonchev–Trinajstić information content (AvgIpc) is 2.73. The van der Waals surface area contributed by atoms with E-state index in [1.54, 1.807) is 0 Å². The zero-order valence-corrected chi connectivity index (χ0v) is 16.3. The van der Waals surface area contributed by atoms with Gasteiger partial charge in [0.2, 0.25) is 12.1 Å². The Labute approximate surface area is 176 Å². The quantitative estimate of drug-likeness (QED) is 0.386. The zero-order valence-electron chi connectivity index (χ0n) is 16.3. The van der Waals surface area contributed by atoms with Gasteiger partial charge in [-0.15, -0.1) is 0 Å². The number of benzene rings is 2. The predicted molar refractivity (Wildman–Crippen MR) is 103 cm³/mol. The van der Waals surface area contributed by atoms with Crippen molar-refractivity contribution in [1.82, 2.24) is 0 Å². The maximum atomic E-state index is 12.7. The summed E-state index contributed by atoms with van der Waals surface area (Å²) in [7, 11) is 0. The minimum absolute atomic E-state index is 0.00156. The van der Waals surface area contributed by atoms with Gasteiger partial charge in [-0.05, 0) is 24.6 Å². The largest absolute Gasteiger partial charge is 0.508 e. The number of phenols is 2. The van der Waals surface area contributed by atoms with Gasteiger partial charge in [0, 0.05) is 12.1 Å². The van der Waals surface area contributed by atoms with Gasteiger partial charge in [-0.2, -0.15) is 0 Å². The van der Waals surface area contributed by atoms with Crippen LogP contribution in [0.25, 0.3) is 0 Å². The molecule has 0 aromatic heterocycles. The number of carbonyl (C=O) groups excluding carboxylic acids is 1. The lowest BCUT2D eigenvalue weighted by Crippen LogP contribution is -2.58. The summed E-state index contributed by atoms with van der Waals surface area (Å²) in [4.78, 5) is 12.7. The molecule has 166 valence electrons. The number of ether oxygens (including phenoxy) is 3. The van der Waals surface area contributed by atoms with E-state index in [2.05, 4.69) is 0 Å². The van der Waals surface area contributed by atoms with Crippen molar-refractivity contribution in [1.29, 1.82) is 0 Å². The highest BCUT2D eigenvalue weighted by Gasteiger charge is 2.44. The maximum Gasteiger partial charge on any atom is 0.229 e. The second kappa shape index (κ2) is 7.98. The minimum atomic E-state index is -1.59. The van der Waals surface area contributed by atoms with Crippen molar-refractivity contribution in [3.8, 4) is 23.0 Å². The van der Waals surface area contributed by atoms with Crippen molar-refractivity contribution >= 4 is 5.78 Å². The average molecular weight is 434 g/mol. The molecule has 0 amide bonds. The van der Waals surface area contributed by atoms with Crippen LogP contribution in [0, 0.1) is 0 Å². The smallest absolute Gasteiger partial charge is 0.229 e. The van der Waals surface area contributed by atoms with E-state index in [4.69, 9.17) is 14.2 Å². The standard InChI is InChI=1S/C21H22O10/c1-8-15(24)17(26)19(28)21(29-8)30-11-6-12(23)14-13(7-11)31-20(18(27)16(14)25)9-2-4-10(22)5-3-9/h2-8,15,17-24,26-28H,1H3/t8-,15+,17+,18+,19-,20+,21-/m0/s1. The molecule has 2 aromatic carbocycles.